The van der Waals surface area contributed by atoms with Gasteiger partial charge in [-0.25, -0.2) is 0 Å². The highest BCUT2D eigenvalue weighted by molar-refractivity contribution is 5.87. The van der Waals surface area contributed by atoms with E-state index in [2.05, 4.69) is 48.9 Å². The number of rotatable bonds is 5. The van der Waals surface area contributed by atoms with Gasteiger partial charge in [-0.1, -0.05) is 0 Å². The van der Waals surface area contributed by atoms with Gasteiger partial charge in [0, 0.05) is 29.2 Å². The van der Waals surface area contributed by atoms with E-state index in [0.717, 1.165) is 12.3 Å². The number of nitrogens with one attached hydrogen (secondary N) is 1. The lowest BCUT2D eigenvalue weighted by atomic mass is 10.1. The van der Waals surface area contributed by atoms with Crippen LogP contribution in [0.15, 0.2) is 18.2 Å². The Morgan fingerprint density at radius 1 is 1.32 bits per heavy atom. The number of nitrogens with zero attached hydrogens (tertiary/aromatic N) is 1. The molecule has 0 spiro atoms. The highest BCUT2D eigenvalue weighted by atomic mass is 16.5. The van der Waals surface area contributed by atoms with Crippen LogP contribution in [0.3, 0.4) is 0 Å². The second kappa shape index (κ2) is 5.66. The molecule has 0 bridgehead atoms. The predicted octanol–water partition coefficient (Wildman–Crippen LogP) is 3.65. The lowest BCUT2D eigenvalue weighted by Crippen LogP contribution is -2.08. The van der Waals surface area contributed by atoms with Crippen molar-refractivity contribution in [2.75, 3.05) is 13.7 Å². The molecule has 0 saturated heterocycles. The second-order valence-electron chi connectivity index (χ2n) is 5.17. The molecule has 1 N–H and O–H groups in total. The average Bonchev–Trinajstić information content (AvgIpc) is 2.63. The highest BCUT2D eigenvalue weighted by Gasteiger charge is 2.15. The fraction of sp³-hybridized carbons (Fsp3) is 0.500. The third kappa shape index (κ3) is 2.47. The first kappa shape index (κ1) is 13.9. The average molecular weight is 260 g/mol. The summed E-state index contributed by atoms with van der Waals surface area (Å²) in [5.41, 5.74) is 4.00. The Balaban J connectivity index is 2.67. The Labute approximate surface area is 115 Å². The zero-order chi connectivity index (χ0) is 14.0. The van der Waals surface area contributed by atoms with Gasteiger partial charge in [-0.3, -0.25) is 0 Å². The summed E-state index contributed by atoms with van der Waals surface area (Å²) in [4.78, 5) is 0. The third-order valence-electron chi connectivity index (χ3n) is 3.53. The summed E-state index contributed by atoms with van der Waals surface area (Å²) in [6, 6.07) is 6.86. The van der Waals surface area contributed by atoms with Crippen LogP contribution >= 0.6 is 0 Å². The van der Waals surface area contributed by atoms with Crippen molar-refractivity contribution in [1.29, 1.82) is 0 Å². The van der Waals surface area contributed by atoms with E-state index in [1.165, 1.54) is 22.2 Å². The van der Waals surface area contributed by atoms with Crippen molar-refractivity contribution in [3.63, 3.8) is 0 Å². The first-order valence-electron chi connectivity index (χ1n) is 7.01. The Bertz CT molecular complexity index is 570. The Hall–Kier alpha value is -1.48. The van der Waals surface area contributed by atoms with Crippen LogP contribution in [0.25, 0.3) is 10.9 Å². The van der Waals surface area contributed by atoms with Crippen molar-refractivity contribution in [1.82, 2.24) is 9.88 Å². The van der Waals surface area contributed by atoms with Crippen LogP contribution in [0.4, 0.5) is 0 Å². The van der Waals surface area contributed by atoms with Gasteiger partial charge >= 0.3 is 0 Å². The van der Waals surface area contributed by atoms with E-state index < -0.39 is 0 Å². The Morgan fingerprint density at radius 3 is 2.63 bits per heavy atom. The first-order valence-corrected chi connectivity index (χ1v) is 7.01. The number of hydrogen-bond donors (Lipinski definition) is 1. The van der Waals surface area contributed by atoms with Crippen LogP contribution in [-0.4, -0.2) is 18.2 Å². The molecule has 0 aliphatic heterocycles. The monoisotopic (exact) mass is 260 g/mol. The summed E-state index contributed by atoms with van der Waals surface area (Å²) < 4.78 is 8.03. The summed E-state index contributed by atoms with van der Waals surface area (Å²) >= 11 is 0. The molecule has 19 heavy (non-hydrogen) atoms. The van der Waals surface area contributed by atoms with E-state index in [9.17, 15) is 0 Å². The number of benzene rings is 1. The van der Waals surface area contributed by atoms with E-state index in [1.807, 2.05) is 14.0 Å². The van der Waals surface area contributed by atoms with E-state index in [4.69, 9.17) is 4.74 Å². The predicted molar refractivity (Wildman–Crippen MR) is 81.0 cm³/mol. The van der Waals surface area contributed by atoms with Gasteiger partial charge in [-0.15, -0.1) is 0 Å². The number of ether oxygens (including phenoxy) is 1. The normalized spacial score (nSPS) is 11.5. The van der Waals surface area contributed by atoms with E-state index in [0.29, 0.717) is 12.6 Å². The van der Waals surface area contributed by atoms with Gasteiger partial charge in [0.2, 0.25) is 0 Å². The molecular weight excluding hydrogens is 236 g/mol. The minimum atomic E-state index is 0.464. The molecule has 1 heterocycles. The van der Waals surface area contributed by atoms with Gasteiger partial charge < -0.3 is 14.6 Å². The van der Waals surface area contributed by atoms with Crippen molar-refractivity contribution < 1.29 is 4.74 Å². The van der Waals surface area contributed by atoms with Gasteiger partial charge in [-0.05, 0) is 58.5 Å². The Morgan fingerprint density at radius 2 is 2.05 bits per heavy atom. The summed E-state index contributed by atoms with van der Waals surface area (Å²) in [6.45, 7) is 10.3. The van der Waals surface area contributed by atoms with Crippen LogP contribution in [-0.2, 0) is 6.54 Å². The molecule has 0 saturated carbocycles. The lowest BCUT2D eigenvalue weighted by molar-refractivity contribution is 0.340. The van der Waals surface area contributed by atoms with E-state index in [1.54, 1.807) is 0 Å². The maximum Gasteiger partial charge on any atom is 0.120 e. The van der Waals surface area contributed by atoms with Gasteiger partial charge in [0.25, 0.3) is 0 Å². The molecule has 1 aromatic heterocycles. The van der Waals surface area contributed by atoms with Crippen LogP contribution in [0, 0.1) is 6.92 Å². The van der Waals surface area contributed by atoms with Crippen molar-refractivity contribution in [3.8, 4) is 5.75 Å². The quantitative estimate of drug-likeness (QED) is 0.888. The molecule has 0 fully saturated rings. The fourth-order valence-corrected chi connectivity index (χ4v) is 2.81. The molecule has 2 rings (SSSR count). The molecule has 0 aliphatic rings. The van der Waals surface area contributed by atoms with E-state index in [-0.39, 0.29) is 0 Å². The molecule has 1 aromatic carbocycles. The minimum Gasteiger partial charge on any atom is -0.494 e. The summed E-state index contributed by atoms with van der Waals surface area (Å²) in [7, 11) is 1.99. The summed E-state index contributed by atoms with van der Waals surface area (Å²) in [6.07, 6.45) is 0. The third-order valence-corrected chi connectivity index (χ3v) is 3.53. The number of hydrogen-bond acceptors (Lipinski definition) is 2. The number of aromatic nitrogens is 1. The molecule has 0 aliphatic carbocycles. The van der Waals surface area contributed by atoms with Gasteiger partial charge in [0.05, 0.1) is 6.61 Å². The van der Waals surface area contributed by atoms with Crippen molar-refractivity contribution in [3.05, 3.63) is 29.5 Å². The van der Waals surface area contributed by atoms with Gasteiger partial charge in [-0.2, -0.15) is 0 Å². The second-order valence-corrected chi connectivity index (χ2v) is 5.17. The van der Waals surface area contributed by atoms with Crippen molar-refractivity contribution in [2.24, 2.45) is 0 Å². The van der Waals surface area contributed by atoms with Crippen molar-refractivity contribution in [2.45, 2.75) is 40.3 Å². The largest absolute Gasteiger partial charge is 0.494 e. The SMILES string of the molecule is CCOc1ccc2c(c1)c(CNC)c(C)n2C(C)C. The minimum absolute atomic E-state index is 0.464. The molecule has 0 atom stereocenters. The molecule has 0 amide bonds. The fourth-order valence-electron chi connectivity index (χ4n) is 2.81. The zero-order valence-electron chi connectivity index (χ0n) is 12.6. The molecule has 3 nitrogen and oxygen atoms in total. The maximum absolute atomic E-state index is 5.63. The smallest absolute Gasteiger partial charge is 0.120 e. The van der Waals surface area contributed by atoms with Gasteiger partial charge in [0.1, 0.15) is 5.75 Å². The molecule has 0 unspecified atom stereocenters. The van der Waals surface area contributed by atoms with E-state index >= 15 is 0 Å². The van der Waals surface area contributed by atoms with Crippen LogP contribution in [0.2, 0.25) is 0 Å². The molecule has 104 valence electrons. The first-order chi connectivity index (χ1) is 9.10. The topological polar surface area (TPSA) is 26.2 Å². The van der Waals surface area contributed by atoms with Crippen molar-refractivity contribution >= 4 is 10.9 Å². The molecule has 0 radical (unpaired) electrons. The van der Waals surface area contributed by atoms with Crippen LogP contribution in [0.1, 0.15) is 38.1 Å². The lowest BCUT2D eigenvalue weighted by Gasteiger charge is -2.13. The van der Waals surface area contributed by atoms with Crippen LogP contribution in [0.5, 0.6) is 5.75 Å². The van der Waals surface area contributed by atoms with Gasteiger partial charge in [0.15, 0.2) is 0 Å². The zero-order valence-corrected chi connectivity index (χ0v) is 12.6. The molecule has 3 heteroatoms. The molecule has 2 aromatic rings. The van der Waals surface area contributed by atoms with Crippen LogP contribution < -0.4 is 10.1 Å². The Kier molecular flexibility index (Phi) is 4.15. The number of fused-ring (bicyclic) bond motifs is 1. The molecular formula is C16H24N2O. The highest BCUT2D eigenvalue weighted by Crippen LogP contribution is 2.31. The standard InChI is InChI=1S/C16H24N2O/c1-6-19-13-7-8-16-14(9-13)15(10-17-5)12(4)18(16)11(2)3/h7-9,11,17H,6,10H2,1-5H3. The maximum atomic E-state index is 5.63. The summed E-state index contributed by atoms with van der Waals surface area (Å²) in [5, 5.41) is 4.56. The summed E-state index contributed by atoms with van der Waals surface area (Å²) in [5.74, 6) is 0.952.